The molecule has 1 heterocycles. The van der Waals surface area contributed by atoms with Gasteiger partial charge >= 0.3 is 0 Å². The van der Waals surface area contributed by atoms with Crippen molar-refractivity contribution in [1.82, 2.24) is 0 Å². The molecule has 4 rings (SSSR count). The van der Waals surface area contributed by atoms with Gasteiger partial charge in [-0.1, -0.05) is 42.5 Å². The molecule has 0 bridgehead atoms. The molecule has 3 aromatic carbocycles. The van der Waals surface area contributed by atoms with Crippen molar-refractivity contribution >= 4 is 23.0 Å². The second-order valence-electron chi connectivity index (χ2n) is 8.51. The normalized spacial score (nSPS) is 14.4. The zero-order chi connectivity index (χ0) is 22.0. The minimum Gasteiger partial charge on any atom is -0.496 e. The number of benzene rings is 3. The molecule has 0 saturated heterocycles. The lowest BCUT2D eigenvalue weighted by Gasteiger charge is -2.33. The zero-order valence-corrected chi connectivity index (χ0v) is 19.3. The highest BCUT2D eigenvalue weighted by Crippen LogP contribution is 2.43. The summed E-state index contributed by atoms with van der Waals surface area (Å²) >= 11 is 1.89. The smallest absolute Gasteiger partial charge is 0.129 e. The Labute approximate surface area is 188 Å². The number of halogens is 1. The first-order chi connectivity index (χ1) is 14.9. The molecule has 0 radical (unpaired) electrons. The molecular formula is C27H28FNOS. The molecule has 4 heteroatoms. The Morgan fingerprint density at radius 3 is 2.45 bits per heavy atom. The number of fused-ring (bicyclic) bond motifs is 1. The molecule has 0 unspecified atom stereocenters. The Balaban J connectivity index is 1.79. The maximum Gasteiger partial charge on any atom is 0.129 e. The van der Waals surface area contributed by atoms with E-state index in [4.69, 9.17) is 4.74 Å². The molecule has 0 fully saturated rings. The van der Waals surface area contributed by atoms with Gasteiger partial charge in [0.2, 0.25) is 0 Å². The van der Waals surface area contributed by atoms with Gasteiger partial charge in [-0.2, -0.15) is 11.8 Å². The Morgan fingerprint density at radius 1 is 0.968 bits per heavy atom. The maximum atomic E-state index is 13.9. The predicted molar refractivity (Wildman–Crippen MR) is 131 cm³/mol. The number of allylic oxidation sites excluding steroid dienone is 1. The van der Waals surface area contributed by atoms with Crippen molar-refractivity contribution in [3.63, 3.8) is 0 Å². The summed E-state index contributed by atoms with van der Waals surface area (Å²) in [6, 6.07) is 19.6. The molecule has 31 heavy (non-hydrogen) atoms. The first-order valence-electron chi connectivity index (χ1n) is 10.5. The first kappa shape index (κ1) is 21.5. The Kier molecular flexibility index (Phi) is 6.10. The van der Waals surface area contributed by atoms with Crippen molar-refractivity contribution in [3.05, 3.63) is 89.2 Å². The van der Waals surface area contributed by atoms with Crippen LogP contribution < -0.4 is 10.1 Å². The van der Waals surface area contributed by atoms with Gasteiger partial charge in [-0.05, 0) is 61.2 Å². The lowest BCUT2D eigenvalue weighted by atomic mass is 9.85. The van der Waals surface area contributed by atoms with Crippen molar-refractivity contribution in [1.29, 1.82) is 0 Å². The van der Waals surface area contributed by atoms with Crippen molar-refractivity contribution in [2.45, 2.75) is 37.8 Å². The summed E-state index contributed by atoms with van der Waals surface area (Å²) in [4.78, 5) is 0. The second kappa shape index (κ2) is 8.80. The fourth-order valence-electron chi connectivity index (χ4n) is 4.33. The van der Waals surface area contributed by atoms with Gasteiger partial charge in [0, 0.05) is 34.4 Å². The number of hydrogen-bond acceptors (Lipinski definition) is 3. The molecule has 1 aliphatic heterocycles. The van der Waals surface area contributed by atoms with Gasteiger partial charge in [-0.15, -0.1) is 0 Å². The number of hydrogen-bond donors (Lipinski definition) is 1. The van der Waals surface area contributed by atoms with Crippen LogP contribution in [0.1, 0.15) is 37.5 Å². The number of ether oxygens (including phenoxy) is 1. The summed E-state index contributed by atoms with van der Waals surface area (Å²) < 4.78 is 19.4. The molecule has 0 aliphatic carbocycles. The maximum absolute atomic E-state index is 13.9. The average Bonchev–Trinajstić information content (AvgIpc) is 2.73. The number of thioether (sulfide) groups is 1. The van der Waals surface area contributed by atoms with Crippen LogP contribution in [-0.4, -0.2) is 12.6 Å². The van der Waals surface area contributed by atoms with E-state index >= 15 is 0 Å². The summed E-state index contributed by atoms with van der Waals surface area (Å²) in [5.74, 6) is 2.05. The molecule has 0 amide bonds. The van der Waals surface area contributed by atoms with Gasteiger partial charge in [0.05, 0.1) is 12.6 Å². The fourth-order valence-corrected chi connectivity index (χ4v) is 5.37. The van der Waals surface area contributed by atoms with Crippen molar-refractivity contribution < 1.29 is 9.13 Å². The SMILES string of the molecule is COc1cc(F)ccc1-c1ccc2c(c1CSCc1ccccc1)C(C)=CC(C)(C)N2. The zero-order valence-electron chi connectivity index (χ0n) is 18.5. The number of nitrogens with one attached hydrogen (secondary N) is 1. The Morgan fingerprint density at radius 2 is 1.71 bits per heavy atom. The quantitative estimate of drug-likeness (QED) is 0.434. The van der Waals surface area contributed by atoms with E-state index in [0.29, 0.717) is 5.75 Å². The second-order valence-corrected chi connectivity index (χ2v) is 9.50. The number of rotatable bonds is 6. The molecule has 0 saturated carbocycles. The molecule has 1 aliphatic rings. The molecule has 2 nitrogen and oxygen atoms in total. The van der Waals surface area contributed by atoms with Crippen LogP contribution in [0.4, 0.5) is 10.1 Å². The van der Waals surface area contributed by atoms with Crippen molar-refractivity contribution in [2.75, 3.05) is 12.4 Å². The summed E-state index contributed by atoms with van der Waals surface area (Å²) in [6.45, 7) is 6.54. The molecule has 0 spiro atoms. The van der Waals surface area contributed by atoms with Crippen molar-refractivity contribution in [2.24, 2.45) is 0 Å². The molecule has 0 aromatic heterocycles. The number of methoxy groups -OCH3 is 1. The molecular weight excluding hydrogens is 405 g/mol. The van der Waals surface area contributed by atoms with E-state index in [2.05, 4.69) is 68.6 Å². The van der Waals surface area contributed by atoms with Crippen LogP contribution in [-0.2, 0) is 11.5 Å². The monoisotopic (exact) mass is 433 g/mol. The van der Waals surface area contributed by atoms with E-state index in [1.165, 1.54) is 34.4 Å². The molecule has 1 N–H and O–H groups in total. The van der Waals surface area contributed by atoms with E-state index in [1.807, 2.05) is 23.9 Å². The topological polar surface area (TPSA) is 21.3 Å². The van der Waals surface area contributed by atoms with Gasteiger partial charge in [-0.3, -0.25) is 0 Å². The molecule has 0 atom stereocenters. The van der Waals surface area contributed by atoms with E-state index in [0.717, 1.165) is 28.3 Å². The van der Waals surface area contributed by atoms with E-state index in [9.17, 15) is 4.39 Å². The van der Waals surface area contributed by atoms with Gasteiger partial charge in [0.1, 0.15) is 11.6 Å². The highest BCUT2D eigenvalue weighted by molar-refractivity contribution is 7.97. The van der Waals surface area contributed by atoms with E-state index in [1.54, 1.807) is 7.11 Å². The largest absolute Gasteiger partial charge is 0.496 e. The van der Waals surface area contributed by atoms with Crippen LogP contribution in [0.25, 0.3) is 16.7 Å². The number of anilines is 1. The highest BCUT2D eigenvalue weighted by atomic mass is 32.2. The van der Waals surface area contributed by atoms with Crippen LogP contribution in [0.5, 0.6) is 5.75 Å². The summed E-state index contributed by atoms with van der Waals surface area (Å²) in [6.07, 6.45) is 2.28. The molecule has 160 valence electrons. The van der Waals surface area contributed by atoms with Gasteiger partial charge < -0.3 is 10.1 Å². The van der Waals surface area contributed by atoms with E-state index < -0.39 is 0 Å². The van der Waals surface area contributed by atoms with Gasteiger partial charge in [-0.25, -0.2) is 4.39 Å². The third kappa shape index (κ3) is 4.64. The fraction of sp³-hybridized carbons (Fsp3) is 0.259. The predicted octanol–water partition coefficient (Wildman–Crippen LogP) is 7.54. The lowest BCUT2D eigenvalue weighted by Crippen LogP contribution is -2.31. The van der Waals surface area contributed by atoms with Crippen LogP contribution >= 0.6 is 11.8 Å². The molecule has 3 aromatic rings. The first-order valence-corrected chi connectivity index (χ1v) is 11.6. The van der Waals surface area contributed by atoms with Crippen molar-refractivity contribution in [3.8, 4) is 16.9 Å². The van der Waals surface area contributed by atoms with Gasteiger partial charge in [0.15, 0.2) is 0 Å². The Hall–Kier alpha value is -2.72. The lowest BCUT2D eigenvalue weighted by molar-refractivity contribution is 0.413. The standard InChI is InChI=1S/C27H28FNOS/c1-18-15-27(2,3)29-24-13-12-21(22-11-10-20(28)14-25(22)30-4)23(26(18)24)17-31-16-19-8-6-5-7-9-19/h5-15,29H,16-17H2,1-4H3. The van der Waals surface area contributed by atoms with Crippen LogP contribution in [0.2, 0.25) is 0 Å². The third-order valence-corrected chi connectivity index (χ3v) is 6.58. The Bertz CT molecular complexity index is 1120. The summed E-state index contributed by atoms with van der Waals surface area (Å²) in [5, 5.41) is 3.65. The van der Waals surface area contributed by atoms with Crippen LogP contribution in [0, 0.1) is 5.82 Å². The minimum atomic E-state index is -0.293. The highest BCUT2D eigenvalue weighted by Gasteiger charge is 2.26. The third-order valence-electron chi connectivity index (χ3n) is 5.55. The summed E-state index contributed by atoms with van der Waals surface area (Å²) in [7, 11) is 1.59. The average molecular weight is 434 g/mol. The van der Waals surface area contributed by atoms with Crippen LogP contribution in [0.3, 0.4) is 0 Å². The van der Waals surface area contributed by atoms with Crippen LogP contribution in [0.15, 0.2) is 66.7 Å². The summed E-state index contributed by atoms with van der Waals surface area (Å²) in [5.41, 5.74) is 8.11. The van der Waals surface area contributed by atoms with E-state index in [-0.39, 0.29) is 11.4 Å². The van der Waals surface area contributed by atoms with Gasteiger partial charge in [0.25, 0.3) is 0 Å². The minimum absolute atomic E-state index is 0.0966.